The van der Waals surface area contributed by atoms with Gasteiger partial charge in [-0.2, -0.15) is 0 Å². The average molecular weight is 409 g/mol. The van der Waals surface area contributed by atoms with Gasteiger partial charge in [0.2, 0.25) is 0 Å². The van der Waals surface area contributed by atoms with Gasteiger partial charge in [0.05, 0.1) is 12.0 Å². The predicted molar refractivity (Wildman–Crippen MR) is 90.8 cm³/mol. The molecule has 0 atom stereocenters. The molecule has 0 unspecified atom stereocenters. The third-order valence-corrected chi connectivity index (χ3v) is 3.75. The zero-order valence-corrected chi connectivity index (χ0v) is 14.5. The molecule has 2 aromatic rings. The quantitative estimate of drug-likeness (QED) is 0.586. The van der Waals surface area contributed by atoms with Gasteiger partial charge in [0.1, 0.15) is 5.82 Å². The predicted octanol–water partition coefficient (Wildman–Crippen LogP) is 2.14. The molecule has 2 rings (SSSR count). The van der Waals surface area contributed by atoms with Crippen molar-refractivity contribution in [3.05, 3.63) is 69.9 Å². The molecule has 0 spiro atoms. The second kappa shape index (κ2) is 8.93. The maximum Gasteiger partial charge on any atom is 0.310 e. The monoisotopic (exact) mass is 408 g/mol. The lowest BCUT2D eigenvalue weighted by Crippen LogP contribution is -2.43. The molecule has 0 fully saturated rings. The Morgan fingerprint density at radius 1 is 1.00 bits per heavy atom. The number of nitrogens with one attached hydrogen (secondary N) is 2. The van der Waals surface area contributed by atoms with E-state index in [0.29, 0.717) is 15.6 Å². The van der Waals surface area contributed by atoms with Crippen molar-refractivity contribution in [3.8, 4) is 0 Å². The van der Waals surface area contributed by atoms with Crippen LogP contribution in [-0.4, -0.2) is 24.4 Å². The zero-order valence-electron chi connectivity index (χ0n) is 12.9. The van der Waals surface area contributed by atoms with Crippen molar-refractivity contribution in [1.82, 2.24) is 10.9 Å². The Labute approximate surface area is 151 Å². The van der Waals surface area contributed by atoms with Crippen molar-refractivity contribution < 1.29 is 23.5 Å². The number of carbonyl (C=O) groups is 3. The van der Waals surface area contributed by atoms with Crippen LogP contribution >= 0.6 is 15.9 Å². The third kappa shape index (κ3) is 6.00. The highest BCUT2D eigenvalue weighted by atomic mass is 79.9. The van der Waals surface area contributed by atoms with E-state index in [0.717, 1.165) is 0 Å². The van der Waals surface area contributed by atoms with Gasteiger partial charge in [0, 0.05) is 4.47 Å². The van der Waals surface area contributed by atoms with Crippen LogP contribution in [0.25, 0.3) is 0 Å². The Morgan fingerprint density at radius 2 is 1.68 bits per heavy atom. The van der Waals surface area contributed by atoms with Gasteiger partial charge in [-0.1, -0.05) is 24.3 Å². The summed E-state index contributed by atoms with van der Waals surface area (Å²) < 4.78 is 18.1. The fourth-order valence-electron chi connectivity index (χ4n) is 1.84. The molecular formula is C17H14BrFN2O4. The van der Waals surface area contributed by atoms with E-state index >= 15 is 0 Å². The van der Waals surface area contributed by atoms with Gasteiger partial charge in [0.15, 0.2) is 6.61 Å². The van der Waals surface area contributed by atoms with Crippen LogP contribution in [0.15, 0.2) is 53.0 Å². The molecule has 0 aliphatic heterocycles. The fourth-order valence-corrected chi connectivity index (χ4v) is 2.31. The third-order valence-electron chi connectivity index (χ3n) is 3.06. The van der Waals surface area contributed by atoms with Crippen LogP contribution in [0.3, 0.4) is 0 Å². The van der Waals surface area contributed by atoms with Crippen molar-refractivity contribution >= 4 is 33.7 Å². The summed E-state index contributed by atoms with van der Waals surface area (Å²) in [6.45, 7) is -0.545. The highest BCUT2D eigenvalue weighted by molar-refractivity contribution is 9.10. The Morgan fingerprint density at radius 3 is 2.36 bits per heavy atom. The summed E-state index contributed by atoms with van der Waals surface area (Å²) in [5.41, 5.74) is 5.27. The topological polar surface area (TPSA) is 84.5 Å². The van der Waals surface area contributed by atoms with Crippen LogP contribution in [0.2, 0.25) is 0 Å². The van der Waals surface area contributed by atoms with E-state index in [9.17, 15) is 18.8 Å². The molecule has 0 heterocycles. The molecule has 25 heavy (non-hydrogen) atoms. The van der Waals surface area contributed by atoms with Crippen molar-refractivity contribution in [2.75, 3.05) is 6.61 Å². The molecule has 0 saturated carbocycles. The molecule has 2 amide bonds. The van der Waals surface area contributed by atoms with Gasteiger partial charge in [0.25, 0.3) is 11.8 Å². The van der Waals surface area contributed by atoms with E-state index < -0.39 is 30.2 Å². The second-order valence-electron chi connectivity index (χ2n) is 4.95. The van der Waals surface area contributed by atoms with E-state index in [4.69, 9.17) is 4.74 Å². The van der Waals surface area contributed by atoms with Crippen molar-refractivity contribution in [2.45, 2.75) is 6.42 Å². The number of hydrazine groups is 1. The smallest absolute Gasteiger partial charge is 0.310 e. The lowest BCUT2D eigenvalue weighted by atomic mass is 10.1. The standard InChI is InChI=1S/C17H14BrFN2O4/c18-14-4-2-1-3-13(14)17(24)21-20-15(22)10-25-16(23)9-11-5-7-12(19)8-6-11/h1-8H,9-10H2,(H,20,22)(H,21,24). The number of ether oxygens (including phenoxy) is 1. The number of amides is 2. The normalized spacial score (nSPS) is 10.0. The fraction of sp³-hybridized carbons (Fsp3) is 0.118. The summed E-state index contributed by atoms with van der Waals surface area (Å²) in [6, 6.07) is 12.1. The second-order valence-corrected chi connectivity index (χ2v) is 5.80. The molecule has 6 nitrogen and oxygen atoms in total. The lowest BCUT2D eigenvalue weighted by Gasteiger charge is -2.09. The first-order valence-corrected chi connectivity index (χ1v) is 7.99. The molecule has 0 saturated heterocycles. The van der Waals surface area contributed by atoms with Gasteiger partial charge in [-0.25, -0.2) is 4.39 Å². The molecule has 0 aromatic heterocycles. The highest BCUT2D eigenvalue weighted by Gasteiger charge is 2.12. The summed E-state index contributed by atoms with van der Waals surface area (Å²) >= 11 is 3.22. The minimum Gasteiger partial charge on any atom is -0.455 e. The largest absolute Gasteiger partial charge is 0.455 e. The number of carbonyl (C=O) groups excluding carboxylic acids is 3. The van der Waals surface area contributed by atoms with E-state index in [2.05, 4.69) is 26.8 Å². The number of esters is 1. The van der Waals surface area contributed by atoms with Crippen LogP contribution < -0.4 is 10.9 Å². The molecule has 0 bridgehead atoms. The van der Waals surface area contributed by atoms with Gasteiger partial charge in [-0.3, -0.25) is 25.2 Å². The van der Waals surface area contributed by atoms with E-state index in [1.165, 1.54) is 24.3 Å². The van der Waals surface area contributed by atoms with Crippen molar-refractivity contribution in [2.24, 2.45) is 0 Å². The summed E-state index contributed by atoms with van der Waals surface area (Å²) in [7, 11) is 0. The summed E-state index contributed by atoms with van der Waals surface area (Å²) in [5.74, 6) is -2.25. The van der Waals surface area contributed by atoms with E-state index in [1.807, 2.05) is 0 Å². The lowest BCUT2D eigenvalue weighted by molar-refractivity contribution is -0.148. The molecule has 2 aromatic carbocycles. The van der Waals surface area contributed by atoms with Crippen LogP contribution in [0.4, 0.5) is 4.39 Å². The average Bonchev–Trinajstić information content (AvgIpc) is 2.60. The summed E-state index contributed by atoms with van der Waals surface area (Å²) in [5, 5.41) is 0. The number of hydrogen-bond acceptors (Lipinski definition) is 4. The number of rotatable bonds is 5. The first kappa shape index (κ1) is 18.6. The molecule has 0 aliphatic rings. The van der Waals surface area contributed by atoms with Gasteiger partial charge in [-0.15, -0.1) is 0 Å². The molecule has 130 valence electrons. The highest BCUT2D eigenvalue weighted by Crippen LogP contribution is 2.15. The van der Waals surface area contributed by atoms with Gasteiger partial charge >= 0.3 is 5.97 Å². The van der Waals surface area contributed by atoms with Crippen LogP contribution in [0.5, 0.6) is 0 Å². The van der Waals surface area contributed by atoms with Crippen LogP contribution in [0, 0.1) is 5.82 Å². The Bertz CT molecular complexity index is 780. The first-order chi connectivity index (χ1) is 12.0. The van der Waals surface area contributed by atoms with Crippen molar-refractivity contribution in [1.29, 1.82) is 0 Å². The summed E-state index contributed by atoms with van der Waals surface area (Å²) in [4.78, 5) is 35.1. The Kier molecular flexibility index (Phi) is 6.64. The van der Waals surface area contributed by atoms with Crippen molar-refractivity contribution in [3.63, 3.8) is 0 Å². The SMILES string of the molecule is O=C(COC(=O)Cc1ccc(F)cc1)NNC(=O)c1ccccc1Br. The first-order valence-electron chi connectivity index (χ1n) is 7.19. The maximum absolute atomic E-state index is 12.8. The minimum absolute atomic E-state index is 0.0864. The Balaban J connectivity index is 1.73. The minimum atomic E-state index is -0.687. The van der Waals surface area contributed by atoms with Crippen LogP contribution in [-0.2, 0) is 20.7 Å². The number of halogens is 2. The molecule has 0 aliphatic carbocycles. The summed E-state index contributed by atoms with van der Waals surface area (Å²) in [6.07, 6.45) is -0.0864. The molecular weight excluding hydrogens is 395 g/mol. The molecule has 2 N–H and O–H groups in total. The van der Waals surface area contributed by atoms with Gasteiger partial charge < -0.3 is 4.74 Å². The number of benzene rings is 2. The van der Waals surface area contributed by atoms with Crippen LogP contribution in [0.1, 0.15) is 15.9 Å². The maximum atomic E-state index is 12.8. The molecule has 0 radical (unpaired) electrons. The molecule has 8 heteroatoms. The van der Waals surface area contributed by atoms with E-state index in [1.54, 1.807) is 24.3 Å². The van der Waals surface area contributed by atoms with Gasteiger partial charge in [-0.05, 0) is 45.8 Å². The Hall–Kier alpha value is -2.74. The van der Waals surface area contributed by atoms with E-state index in [-0.39, 0.29) is 6.42 Å². The number of hydrogen-bond donors (Lipinski definition) is 2. The zero-order chi connectivity index (χ0) is 18.2.